The Kier molecular flexibility index (Phi) is 6.46. The van der Waals surface area contributed by atoms with Gasteiger partial charge in [-0.1, -0.05) is 42.5 Å². The van der Waals surface area contributed by atoms with E-state index < -0.39 is 40.6 Å². The van der Waals surface area contributed by atoms with Gasteiger partial charge in [-0.25, -0.2) is 9.18 Å². The number of nitrogens with one attached hydrogen (secondary N) is 1. The van der Waals surface area contributed by atoms with Crippen LogP contribution < -0.4 is 5.32 Å². The smallest absolute Gasteiger partial charge is 0.338 e. The minimum Gasteiger partial charge on any atom is -0.452 e. The van der Waals surface area contributed by atoms with Crippen molar-refractivity contribution in [2.75, 3.05) is 11.9 Å². The topological polar surface area (TPSA) is 116 Å². The summed E-state index contributed by atoms with van der Waals surface area (Å²) in [6, 6.07) is 17.0. The summed E-state index contributed by atoms with van der Waals surface area (Å²) >= 11 is 0. The SMILES string of the molecule is O=C(COC(=O)c1ccc(C(=O)c2ccccc2)cc1)Nc1cc([N+](=O)[O-])ccc1F. The average molecular weight is 422 g/mol. The maximum absolute atomic E-state index is 13.7. The van der Waals surface area contributed by atoms with E-state index in [9.17, 15) is 28.9 Å². The van der Waals surface area contributed by atoms with Crippen LogP contribution in [-0.4, -0.2) is 29.2 Å². The standard InChI is InChI=1S/C22H15FN2O6/c23-18-11-10-17(25(29)30)12-19(18)24-20(26)13-31-22(28)16-8-6-15(7-9-16)21(27)14-4-2-1-3-5-14/h1-12H,13H2,(H,24,26). The van der Waals surface area contributed by atoms with Crippen molar-refractivity contribution < 1.29 is 28.4 Å². The number of anilines is 1. The van der Waals surface area contributed by atoms with E-state index in [1.807, 2.05) is 0 Å². The molecule has 0 fully saturated rings. The minimum absolute atomic E-state index is 0.110. The van der Waals surface area contributed by atoms with Crippen LogP contribution in [0.25, 0.3) is 0 Å². The van der Waals surface area contributed by atoms with Crippen molar-refractivity contribution in [3.05, 3.63) is 105 Å². The van der Waals surface area contributed by atoms with Crippen molar-refractivity contribution >= 4 is 29.0 Å². The van der Waals surface area contributed by atoms with Crippen LogP contribution in [-0.2, 0) is 9.53 Å². The predicted octanol–water partition coefficient (Wildman–Crippen LogP) is 3.76. The molecule has 0 saturated carbocycles. The molecule has 0 aromatic heterocycles. The highest BCUT2D eigenvalue weighted by molar-refractivity contribution is 6.09. The summed E-state index contributed by atoms with van der Waals surface area (Å²) in [5.74, 6) is -2.78. The summed E-state index contributed by atoms with van der Waals surface area (Å²) in [7, 11) is 0. The fourth-order valence-electron chi connectivity index (χ4n) is 2.64. The Labute approximate surface area is 175 Å². The van der Waals surface area contributed by atoms with Crippen molar-refractivity contribution in [1.82, 2.24) is 0 Å². The Hall–Kier alpha value is -4.40. The van der Waals surface area contributed by atoms with Crippen molar-refractivity contribution in [2.24, 2.45) is 0 Å². The molecule has 9 heteroatoms. The number of non-ortho nitro benzene ring substituents is 1. The van der Waals surface area contributed by atoms with Crippen molar-refractivity contribution in [3.8, 4) is 0 Å². The molecule has 156 valence electrons. The number of nitro groups is 1. The molecule has 0 aliphatic carbocycles. The first-order chi connectivity index (χ1) is 14.8. The van der Waals surface area contributed by atoms with Crippen molar-refractivity contribution in [1.29, 1.82) is 0 Å². The van der Waals surface area contributed by atoms with Gasteiger partial charge in [-0.2, -0.15) is 0 Å². The van der Waals surface area contributed by atoms with E-state index in [-0.39, 0.29) is 11.3 Å². The van der Waals surface area contributed by atoms with Crippen LogP contribution in [0.3, 0.4) is 0 Å². The van der Waals surface area contributed by atoms with Crippen LogP contribution in [0.2, 0.25) is 0 Å². The lowest BCUT2D eigenvalue weighted by Crippen LogP contribution is -2.21. The second kappa shape index (κ2) is 9.40. The monoisotopic (exact) mass is 422 g/mol. The number of amides is 1. The Morgan fingerprint density at radius 1 is 0.903 bits per heavy atom. The number of halogens is 1. The number of nitro benzene ring substituents is 1. The molecule has 1 amide bonds. The summed E-state index contributed by atoms with van der Waals surface area (Å²) in [6.07, 6.45) is 0. The molecule has 0 aliphatic heterocycles. The molecule has 0 bridgehead atoms. The zero-order chi connectivity index (χ0) is 22.4. The van der Waals surface area contributed by atoms with Gasteiger partial charge in [0.05, 0.1) is 16.2 Å². The molecular formula is C22H15FN2O6. The molecule has 31 heavy (non-hydrogen) atoms. The molecule has 0 spiro atoms. The van der Waals surface area contributed by atoms with Crippen LogP contribution in [0, 0.1) is 15.9 Å². The quantitative estimate of drug-likeness (QED) is 0.268. The highest BCUT2D eigenvalue weighted by Crippen LogP contribution is 2.21. The van der Waals surface area contributed by atoms with E-state index in [4.69, 9.17) is 4.74 Å². The summed E-state index contributed by atoms with van der Waals surface area (Å²) < 4.78 is 18.6. The Morgan fingerprint density at radius 2 is 1.52 bits per heavy atom. The summed E-state index contributed by atoms with van der Waals surface area (Å²) in [5.41, 5.74) is 0.182. The van der Waals surface area contributed by atoms with Gasteiger partial charge in [0.2, 0.25) is 0 Å². The van der Waals surface area contributed by atoms with Crippen LogP contribution in [0.15, 0.2) is 72.8 Å². The number of carbonyl (C=O) groups excluding carboxylic acids is 3. The van der Waals surface area contributed by atoms with Crippen molar-refractivity contribution in [3.63, 3.8) is 0 Å². The van der Waals surface area contributed by atoms with Crippen LogP contribution in [0.4, 0.5) is 15.8 Å². The van der Waals surface area contributed by atoms with Crippen molar-refractivity contribution in [2.45, 2.75) is 0 Å². The molecule has 0 aliphatic rings. The summed E-state index contributed by atoms with van der Waals surface area (Å²) in [6.45, 7) is -0.730. The third-order valence-electron chi connectivity index (χ3n) is 4.19. The molecule has 3 aromatic carbocycles. The fraction of sp³-hybridized carbons (Fsp3) is 0.0455. The minimum atomic E-state index is -0.872. The molecule has 0 radical (unpaired) electrons. The molecular weight excluding hydrogens is 407 g/mol. The largest absolute Gasteiger partial charge is 0.452 e. The number of ketones is 1. The van der Waals surface area contributed by atoms with E-state index in [2.05, 4.69) is 5.32 Å². The van der Waals surface area contributed by atoms with Gasteiger partial charge in [0, 0.05) is 23.3 Å². The first-order valence-corrected chi connectivity index (χ1v) is 8.96. The fourth-order valence-corrected chi connectivity index (χ4v) is 2.64. The molecule has 1 N–H and O–H groups in total. The van der Waals surface area contributed by atoms with Gasteiger partial charge < -0.3 is 10.1 Å². The number of rotatable bonds is 7. The van der Waals surface area contributed by atoms with Gasteiger partial charge in [0.15, 0.2) is 12.4 Å². The number of hydrogen-bond acceptors (Lipinski definition) is 6. The Balaban J connectivity index is 1.58. The maximum Gasteiger partial charge on any atom is 0.338 e. The van der Waals surface area contributed by atoms with Gasteiger partial charge in [0.1, 0.15) is 5.82 Å². The lowest BCUT2D eigenvalue weighted by atomic mass is 10.0. The second-order valence-electron chi connectivity index (χ2n) is 6.32. The predicted molar refractivity (Wildman–Crippen MR) is 108 cm³/mol. The van der Waals surface area contributed by atoms with Gasteiger partial charge in [-0.05, 0) is 18.2 Å². The summed E-state index contributed by atoms with van der Waals surface area (Å²) in [4.78, 5) is 46.4. The molecule has 3 aromatic rings. The Morgan fingerprint density at radius 3 is 2.16 bits per heavy atom. The number of ether oxygens (including phenoxy) is 1. The second-order valence-corrected chi connectivity index (χ2v) is 6.32. The number of carbonyl (C=O) groups is 3. The zero-order valence-corrected chi connectivity index (χ0v) is 15.9. The molecule has 0 unspecified atom stereocenters. The van der Waals surface area contributed by atoms with Gasteiger partial charge in [0.25, 0.3) is 11.6 Å². The van der Waals surface area contributed by atoms with Gasteiger partial charge in [-0.3, -0.25) is 19.7 Å². The zero-order valence-electron chi connectivity index (χ0n) is 15.9. The van der Waals surface area contributed by atoms with E-state index >= 15 is 0 Å². The van der Waals surface area contributed by atoms with Crippen LogP contribution in [0.5, 0.6) is 0 Å². The lowest BCUT2D eigenvalue weighted by Gasteiger charge is -2.08. The molecule has 3 rings (SSSR count). The first-order valence-electron chi connectivity index (χ1n) is 8.96. The Bertz CT molecular complexity index is 1150. The van der Waals surface area contributed by atoms with Crippen LogP contribution >= 0.6 is 0 Å². The molecule has 8 nitrogen and oxygen atoms in total. The van der Waals surface area contributed by atoms with Gasteiger partial charge in [-0.15, -0.1) is 0 Å². The number of nitrogens with zero attached hydrogens (tertiary/aromatic N) is 1. The van der Waals surface area contributed by atoms with Gasteiger partial charge >= 0.3 is 5.97 Å². The number of benzene rings is 3. The molecule has 0 heterocycles. The number of hydrogen-bond donors (Lipinski definition) is 1. The highest BCUT2D eigenvalue weighted by atomic mass is 19.1. The first kappa shape index (κ1) is 21.3. The third kappa shape index (κ3) is 5.36. The van der Waals surface area contributed by atoms with E-state index in [0.29, 0.717) is 11.1 Å². The van der Waals surface area contributed by atoms with E-state index in [0.717, 1.165) is 18.2 Å². The summed E-state index contributed by atoms with van der Waals surface area (Å²) in [5, 5.41) is 12.9. The molecule has 0 saturated heterocycles. The maximum atomic E-state index is 13.7. The van der Waals surface area contributed by atoms with E-state index in [1.165, 1.54) is 24.3 Å². The lowest BCUT2D eigenvalue weighted by molar-refractivity contribution is -0.384. The van der Waals surface area contributed by atoms with E-state index in [1.54, 1.807) is 30.3 Å². The normalized spacial score (nSPS) is 10.2. The van der Waals surface area contributed by atoms with Crippen LogP contribution in [0.1, 0.15) is 26.3 Å². The highest BCUT2D eigenvalue weighted by Gasteiger charge is 2.16. The number of esters is 1. The third-order valence-corrected chi connectivity index (χ3v) is 4.19. The molecule has 0 atom stereocenters. The average Bonchev–Trinajstić information content (AvgIpc) is 2.79.